The molecule has 7 aromatic rings. The fourth-order valence-corrected chi connectivity index (χ4v) is 7.70. The van der Waals surface area contributed by atoms with Crippen molar-refractivity contribution < 1.29 is 25.8 Å². The summed E-state index contributed by atoms with van der Waals surface area (Å²) < 4.78 is 11.1. The van der Waals surface area contributed by atoms with E-state index in [4.69, 9.17) is 14.8 Å². The minimum Gasteiger partial charge on any atom is -0.509 e. The number of fused-ring (bicyclic) bond motifs is 3. The fraction of sp³-hybridized carbons (Fsp3) is 0.319. The van der Waals surface area contributed by atoms with Crippen LogP contribution in [-0.4, -0.2) is 19.3 Å². The van der Waals surface area contributed by atoms with E-state index >= 15 is 0 Å². The van der Waals surface area contributed by atoms with Crippen molar-refractivity contribution in [3.63, 3.8) is 0 Å². The van der Waals surface area contributed by atoms with Crippen LogP contribution in [0.2, 0.25) is 0 Å². The summed E-state index contributed by atoms with van der Waals surface area (Å²) in [4.78, 5) is 4.82. The number of hydrogen-bond donors (Lipinski definition) is 0. The van der Waals surface area contributed by atoms with Crippen LogP contribution < -0.4 is 4.74 Å². The van der Waals surface area contributed by atoms with Crippen molar-refractivity contribution in [1.82, 2.24) is 19.3 Å². The first-order chi connectivity index (χ1) is 25.0. The van der Waals surface area contributed by atoms with Crippen LogP contribution in [0.5, 0.6) is 11.5 Å². The SMILES string of the molecule is CCCc1ccnc(-n2c3[c-]c(Oc4[c-]c(-n5nc(C)c(-c6c(C)cc(C)cc6C)c5CCC(C)C)cc(C(C)C)c4)ccc3c3ccccc32)c1.[Pt+2]. The van der Waals surface area contributed by atoms with E-state index in [0.29, 0.717) is 17.4 Å². The first kappa shape index (κ1) is 38.3. The molecule has 0 fully saturated rings. The minimum atomic E-state index is 0. The van der Waals surface area contributed by atoms with Gasteiger partial charge in [-0.25, -0.2) is 4.98 Å². The van der Waals surface area contributed by atoms with Crippen molar-refractivity contribution in [1.29, 1.82) is 0 Å². The van der Waals surface area contributed by atoms with Gasteiger partial charge in [0.2, 0.25) is 0 Å². The van der Waals surface area contributed by atoms with Gasteiger partial charge in [0, 0.05) is 34.5 Å². The molecule has 0 saturated heterocycles. The average Bonchev–Trinajstić information content (AvgIpc) is 3.61. The summed E-state index contributed by atoms with van der Waals surface area (Å²) in [5, 5.41) is 7.51. The number of para-hydroxylation sites is 1. The van der Waals surface area contributed by atoms with Crippen LogP contribution in [-0.2, 0) is 33.9 Å². The molecule has 53 heavy (non-hydrogen) atoms. The zero-order chi connectivity index (χ0) is 36.7. The minimum absolute atomic E-state index is 0. The van der Waals surface area contributed by atoms with E-state index in [0.717, 1.165) is 64.7 Å². The maximum Gasteiger partial charge on any atom is 2.00 e. The Balaban J connectivity index is 0.00000481. The Labute approximate surface area is 329 Å². The number of benzene rings is 4. The topological polar surface area (TPSA) is 44.9 Å². The van der Waals surface area contributed by atoms with Crippen LogP contribution in [0.4, 0.5) is 0 Å². The van der Waals surface area contributed by atoms with Crippen molar-refractivity contribution in [2.75, 3.05) is 0 Å². The zero-order valence-corrected chi connectivity index (χ0v) is 34.8. The second-order valence-corrected chi connectivity index (χ2v) is 15.2. The molecule has 4 aromatic carbocycles. The molecular weight excluding hydrogens is 832 g/mol. The maximum absolute atomic E-state index is 6.71. The zero-order valence-electron chi connectivity index (χ0n) is 32.5. The average molecular weight is 882 g/mol. The molecule has 6 heteroatoms. The number of aromatic nitrogens is 4. The number of pyridine rings is 1. The largest absolute Gasteiger partial charge is 2.00 e. The van der Waals surface area contributed by atoms with Gasteiger partial charge >= 0.3 is 21.1 Å². The molecule has 5 nitrogen and oxygen atoms in total. The Morgan fingerprint density at radius 1 is 0.774 bits per heavy atom. The monoisotopic (exact) mass is 881 g/mol. The molecule has 0 N–H and O–H groups in total. The van der Waals surface area contributed by atoms with Crippen molar-refractivity contribution in [3.8, 4) is 34.1 Å². The molecule has 0 aliphatic heterocycles. The Bertz CT molecular complexity index is 2390. The van der Waals surface area contributed by atoms with Crippen LogP contribution in [0.25, 0.3) is 44.4 Å². The normalized spacial score (nSPS) is 11.6. The molecule has 0 aliphatic carbocycles. The molecule has 0 radical (unpaired) electrons. The van der Waals surface area contributed by atoms with Gasteiger partial charge in [-0.05, 0) is 110 Å². The molecule has 0 saturated carbocycles. The quantitative estimate of drug-likeness (QED) is 0.122. The molecular formula is C47H50N4OPt. The van der Waals surface area contributed by atoms with E-state index in [1.54, 1.807) is 0 Å². The summed E-state index contributed by atoms with van der Waals surface area (Å²) in [6.45, 7) is 20.0. The maximum atomic E-state index is 6.71. The first-order valence-electron chi connectivity index (χ1n) is 18.8. The summed E-state index contributed by atoms with van der Waals surface area (Å²) in [7, 11) is 0. The summed E-state index contributed by atoms with van der Waals surface area (Å²) in [5.74, 6) is 3.01. The molecule has 0 aliphatic rings. The molecule has 0 spiro atoms. The van der Waals surface area contributed by atoms with Gasteiger partial charge in [0.25, 0.3) is 0 Å². The van der Waals surface area contributed by atoms with Crippen LogP contribution in [0, 0.1) is 45.7 Å². The van der Waals surface area contributed by atoms with E-state index < -0.39 is 0 Å². The molecule has 3 aromatic heterocycles. The van der Waals surface area contributed by atoms with Gasteiger partial charge in [-0.1, -0.05) is 82.5 Å². The van der Waals surface area contributed by atoms with E-state index in [-0.39, 0.29) is 27.0 Å². The smallest absolute Gasteiger partial charge is 0.509 e. The van der Waals surface area contributed by atoms with Crippen LogP contribution in [0.1, 0.15) is 92.6 Å². The number of hydrogen-bond acceptors (Lipinski definition) is 3. The van der Waals surface area contributed by atoms with E-state index in [1.807, 2.05) is 12.3 Å². The van der Waals surface area contributed by atoms with Gasteiger partial charge in [-0.3, -0.25) is 4.68 Å². The summed E-state index contributed by atoms with van der Waals surface area (Å²) >= 11 is 0. The van der Waals surface area contributed by atoms with Gasteiger partial charge < -0.3 is 9.30 Å². The van der Waals surface area contributed by atoms with Gasteiger partial charge in [-0.15, -0.1) is 41.3 Å². The second-order valence-electron chi connectivity index (χ2n) is 15.2. The van der Waals surface area contributed by atoms with Crippen LogP contribution >= 0.6 is 0 Å². The van der Waals surface area contributed by atoms with Crippen molar-refractivity contribution >= 4 is 21.8 Å². The van der Waals surface area contributed by atoms with E-state index in [1.165, 1.54) is 44.6 Å². The Morgan fingerprint density at radius 3 is 2.25 bits per heavy atom. The fourth-order valence-electron chi connectivity index (χ4n) is 7.70. The third-order valence-corrected chi connectivity index (χ3v) is 10.1. The molecule has 0 unspecified atom stereocenters. The van der Waals surface area contributed by atoms with Crippen molar-refractivity contribution in [2.45, 2.75) is 93.9 Å². The Kier molecular flexibility index (Phi) is 11.5. The molecule has 0 atom stereocenters. The summed E-state index contributed by atoms with van der Waals surface area (Å²) in [6.07, 6.45) is 5.98. The summed E-state index contributed by atoms with van der Waals surface area (Å²) in [6, 6.07) is 33.1. The van der Waals surface area contributed by atoms with Crippen molar-refractivity contribution in [2.24, 2.45) is 5.92 Å². The molecule has 3 heterocycles. The van der Waals surface area contributed by atoms with Gasteiger partial charge in [0.15, 0.2) is 0 Å². The predicted molar refractivity (Wildman–Crippen MR) is 216 cm³/mol. The number of aryl methyl sites for hydroxylation is 5. The van der Waals surface area contributed by atoms with Crippen LogP contribution in [0.3, 0.4) is 0 Å². The standard InChI is InChI=1S/C47H50N4O.Pt/c1-10-13-35-20-21-48-45(24-35)50-42-15-12-11-14-40(42)41-18-17-38(28-44(41)50)52-39-26-36(30(4)5)25-37(27-39)51-43(19-16-29(2)3)47(34(9)49-51)46-32(7)22-31(6)23-33(46)8;/h11-12,14-15,17-18,20-26,29-30H,10,13,16,19H2,1-9H3;/q-2;+2. The number of rotatable bonds is 11. The molecule has 7 rings (SSSR count). The van der Waals surface area contributed by atoms with Gasteiger partial charge in [-0.2, -0.15) is 11.2 Å². The number of nitrogens with zero attached hydrogens (tertiary/aromatic N) is 4. The van der Waals surface area contributed by atoms with Gasteiger partial charge in [0.05, 0.1) is 5.69 Å². The van der Waals surface area contributed by atoms with E-state index in [9.17, 15) is 0 Å². The third-order valence-electron chi connectivity index (χ3n) is 10.1. The second kappa shape index (κ2) is 15.9. The Morgan fingerprint density at radius 2 is 1.53 bits per heavy atom. The van der Waals surface area contributed by atoms with Crippen LogP contribution in [0.15, 0.2) is 79.0 Å². The molecule has 0 bridgehead atoms. The summed E-state index contributed by atoms with van der Waals surface area (Å²) in [5.41, 5.74) is 14.0. The third kappa shape index (κ3) is 7.64. The Hall–Kier alpha value is -4.47. The van der Waals surface area contributed by atoms with E-state index in [2.05, 4.69) is 150 Å². The first-order valence-corrected chi connectivity index (χ1v) is 18.8. The van der Waals surface area contributed by atoms with Gasteiger partial charge in [0.1, 0.15) is 5.82 Å². The molecule has 0 amide bonds. The van der Waals surface area contributed by atoms with Crippen molar-refractivity contribution in [3.05, 3.63) is 130 Å². The number of ether oxygens (including phenoxy) is 1. The predicted octanol–water partition coefficient (Wildman–Crippen LogP) is 12.3. The molecule has 274 valence electrons.